The summed E-state index contributed by atoms with van der Waals surface area (Å²) >= 11 is 0. The van der Waals surface area contributed by atoms with E-state index in [1.807, 2.05) is 36.4 Å². The molecule has 3 aromatic carbocycles. The molecule has 5 rings (SSSR count). The lowest BCUT2D eigenvalue weighted by Gasteiger charge is -2.19. The van der Waals surface area contributed by atoms with Gasteiger partial charge < -0.3 is 21.7 Å². The third-order valence-corrected chi connectivity index (χ3v) is 7.67. The minimum absolute atomic E-state index is 0.0941. The van der Waals surface area contributed by atoms with Gasteiger partial charge in [0.2, 0.25) is 0 Å². The second-order valence-electron chi connectivity index (χ2n) is 10.7. The van der Waals surface area contributed by atoms with Crippen LogP contribution in [0.25, 0.3) is 0 Å². The van der Waals surface area contributed by atoms with Gasteiger partial charge in [0.05, 0.1) is 6.54 Å². The van der Waals surface area contributed by atoms with Crippen molar-refractivity contribution < 1.29 is 9.18 Å². The van der Waals surface area contributed by atoms with Crippen molar-refractivity contribution in [2.45, 2.75) is 38.9 Å². The number of rotatable bonds is 11. The number of hydrogen-bond acceptors (Lipinski definition) is 6. The number of nitrogens with two attached hydrogens (primary N) is 2. The van der Waals surface area contributed by atoms with Gasteiger partial charge in [-0.15, -0.1) is 0 Å². The van der Waals surface area contributed by atoms with Gasteiger partial charge in [0.1, 0.15) is 17.3 Å². The maximum absolute atomic E-state index is 14.4. The summed E-state index contributed by atoms with van der Waals surface area (Å²) in [7, 11) is 1.72. The second kappa shape index (κ2) is 12.4. The lowest BCUT2D eigenvalue weighted by Crippen LogP contribution is -2.43. The van der Waals surface area contributed by atoms with Crippen molar-refractivity contribution in [3.05, 3.63) is 122 Å². The fourth-order valence-electron chi connectivity index (χ4n) is 4.87. The lowest BCUT2D eigenvalue weighted by atomic mass is 10.1. The van der Waals surface area contributed by atoms with Crippen LogP contribution >= 0.6 is 0 Å². The number of anilines is 3. The van der Waals surface area contributed by atoms with Crippen LogP contribution in [-0.4, -0.2) is 28.6 Å². The Morgan fingerprint density at radius 2 is 1.64 bits per heavy atom. The van der Waals surface area contributed by atoms with Crippen LogP contribution in [0.1, 0.15) is 39.9 Å². The van der Waals surface area contributed by atoms with Crippen molar-refractivity contribution in [3.63, 3.8) is 0 Å². The number of nitrogens with one attached hydrogen (secondary N) is 1. The molecule has 10 heteroatoms. The SMILES string of the molecule is CN(C(=O)c1ccc(CN)cc1)c1ccc(CCNc2c(N)n(CC3CC3)c(=O)n(Cc3ccccc3F)c2=O)cc1. The molecule has 9 nitrogen and oxygen atoms in total. The summed E-state index contributed by atoms with van der Waals surface area (Å²) in [4.78, 5) is 41.1. The first-order valence-corrected chi connectivity index (χ1v) is 14.0. The van der Waals surface area contributed by atoms with Crippen LogP contribution in [0.3, 0.4) is 0 Å². The van der Waals surface area contributed by atoms with E-state index in [0.29, 0.717) is 37.5 Å². The molecular formula is C32H35FN6O3. The largest absolute Gasteiger partial charge is 0.383 e. The Hall–Kier alpha value is -4.70. The smallest absolute Gasteiger partial charge is 0.332 e. The highest BCUT2D eigenvalue weighted by molar-refractivity contribution is 6.05. The molecule has 42 heavy (non-hydrogen) atoms. The number of carbonyl (C=O) groups is 1. The highest BCUT2D eigenvalue weighted by Gasteiger charge is 2.26. The molecule has 0 bridgehead atoms. The van der Waals surface area contributed by atoms with E-state index in [4.69, 9.17) is 11.5 Å². The Morgan fingerprint density at radius 3 is 2.29 bits per heavy atom. The van der Waals surface area contributed by atoms with E-state index < -0.39 is 17.1 Å². The van der Waals surface area contributed by atoms with Crippen molar-refractivity contribution in [1.82, 2.24) is 9.13 Å². The predicted molar refractivity (Wildman–Crippen MR) is 163 cm³/mol. The number of carbonyl (C=O) groups excluding carboxylic acids is 1. The van der Waals surface area contributed by atoms with Crippen LogP contribution < -0.4 is 32.9 Å². The molecule has 0 aliphatic heterocycles. The molecule has 0 saturated heterocycles. The van der Waals surface area contributed by atoms with Gasteiger partial charge >= 0.3 is 5.69 Å². The summed E-state index contributed by atoms with van der Waals surface area (Å²) in [5.41, 5.74) is 14.5. The molecule has 0 radical (unpaired) electrons. The minimum atomic E-state index is -0.581. The maximum Gasteiger partial charge on any atom is 0.332 e. The Bertz CT molecular complexity index is 1690. The van der Waals surface area contributed by atoms with Gasteiger partial charge in [-0.05, 0) is 66.6 Å². The molecule has 1 fully saturated rings. The van der Waals surface area contributed by atoms with Crippen molar-refractivity contribution in [3.8, 4) is 0 Å². The molecule has 0 unspecified atom stereocenters. The zero-order chi connectivity index (χ0) is 29.8. The average molecular weight is 571 g/mol. The topological polar surface area (TPSA) is 128 Å². The number of nitrogens with zero attached hydrogens (tertiary/aromatic N) is 3. The van der Waals surface area contributed by atoms with E-state index in [-0.39, 0.29) is 29.5 Å². The second-order valence-corrected chi connectivity index (χ2v) is 10.7. The van der Waals surface area contributed by atoms with E-state index in [2.05, 4.69) is 5.32 Å². The van der Waals surface area contributed by atoms with Gasteiger partial charge in [-0.2, -0.15) is 0 Å². The fourth-order valence-corrected chi connectivity index (χ4v) is 4.87. The van der Waals surface area contributed by atoms with E-state index >= 15 is 0 Å². The summed E-state index contributed by atoms with van der Waals surface area (Å²) in [6.07, 6.45) is 2.56. The van der Waals surface area contributed by atoms with Gasteiger partial charge in [0, 0.05) is 43.5 Å². The number of hydrogen-bond donors (Lipinski definition) is 3. The quantitative estimate of drug-likeness (QED) is 0.253. The molecule has 1 aliphatic rings. The standard InChI is InChI=1S/C32H35FN6O3/c1-37(30(40)24-12-8-22(18-34)9-13-24)26-14-10-21(11-15-26)16-17-36-28-29(35)38(19-23-6-7-23)32(42)39(31(28)41)20-25-4-2-3-5-27(25)33/h2-5,8-15,23,36H,6-7,16-20,34-35H2,1H3. The molecule has 0 spiro atoms. The van der Waals surface area contributed by atoms with Crippen molar-refractivity contribution in [1.29, 1.82) is 0 Å². The van der Waals surface area contributed by atoms with E-state index in [1.165, 1.54) is 10.6 Å². The van der Waals surface area contributed by atoms with Crippen LogP contribution in [0.5, 0.6) is 0 Å². The van der Waals surface area contributed by atoms with Crippen LogP contribution in [0.2, 0.25) is 0 Å². The molecule has 1 amide bonds. The monoisotopic (exact) mass is 570 g/mol. The summed E-state index contributed by atoms with van der Waals surface area (Å²) in [6, 6.07) is 20.9. The molecule has 0 atom stereocenters. The van der Waals surface area contributed by atoms with Gasteiger partial charge in [-0.3, -0.25) is 18.7 Å². The summed E-state index contributed by atoms with van der Waals surface area (Å²) < 4.78 is 16.8. The van der Waals surface area contributed by atoms with E-state index in [9.17, 15) is 18.8 Å². The lowest BCUT2D eigenvalue weighted by molar-refractivity contribution is 0.0993. The molecule has 1 saturated carbocycles. The molecule has 1 heterocycles. The number of halogens is 1. The molecule has 1 aliphatic carbocycles. The Morgan fingerprint density at radius 1 is 0.976 bits per heavy atom. The van der Waals surface area contributed by atoms with E-state index in [1.54, 1.807) is 42.3 Å². The average Bonchev–Trinajstić information content (AvgIpc) is 3.84. The number of nitrogen functional groups attached to an aromatic ring is 1. The fraction of sp³-hybridized carbons (Fsp3) is 0.281. The van der Waals surface area contributed by atoms with Crippen LogP contribution in [0.15, 0.2) is 82.4 Å². The van der Waals surface area contributed by atoms with Gasteiger partial charge in [-0.1, -0.05) is 42.5 Å². The summed E-state index contributed by atoms with van der Waals surface area (Å²) in [6.45, 7) is 1.03. The highest BCUT2D eigenvalue weighted by atomic mass is 19.1. The van der Waals surface area contributed by atoms with Gasteiger partial charge in [0.15, 0.2) is 0 Å². The third-order valence-electron chi connectivity index (χ3n) is 7.67. The normalized spacial score (nSPS) is 12.7. The first-order chi connectivity index (χ1) is 20.3. The molecule has 1 aromatic heterocycles. The number of aromatic nitrogens is 2. The molecule has 5 N–H and O–H groups in total. The zero-order valence-corrected chi connectivity index (χ0v) is 23.6. The minimum Gasteiger partial charge on any atom is -0.383 e. The number of amides is 1. The highest BCUT2D eigenvalue weighted by Crippen LogP contribution is 2.31. The Labute approximate surface area is 243 Å². The van der Waals surface area contributed by atoms with Crippen LogP contribution in [-0.2, 0) is 26.1 Å². The maximum atomic E-state index is 14.4. The summed E-state index contributed by atoms with van der Waals surface area (Å²) in [5.74, 6) is -0.177. The number of benzene rings is 3. The third kappa shape index (κ3) is 6.28. The first-order valence-electron chi connectivity index (χ1n) is 14.0. The Balaban J connectivity index is 1.30. The molecule has 218 valence electrons. The van der Waals surface area contributed by atoms with E-state index in [0.717, 1.165) is 34.2 Å². The Kier molecular flexibility index (Phi) is 8.53. The van der Waals surface area contributed by atoms with Crippen molar-refractivity contribution >= 4 is 23.1 Å². The van der Waals surface area contributed by atoms with Gasteiger partial charge in [-0.25, -0.2) is 9.18 Å². The van der Waals surface area contributed by atoms with Gasteiger partial charge in [0.25, 0.3) is 11.5 Å². The van der Waals surface area contributed by atoms with Crippen molar-refractivity contribution in [2.75, 3.05) is 29.5 Å². The van der Waals surface area contributed by atoms with Crippen LogP contribution in [0.4, 0.5) is 21.6 Å². The first kappa shape index (κ1) is 28.8. The summed E-state index contributed by atoms with van der Waals surface area (Å²) in [5, 5.41) is 3.13. The predicted octanol–water partition coefficient (Wildman–Crippen LogP) is 3.58. The van der Waals surface area contributed by atoms with Crippen molar-refractivity contribution in [2.24, 2.45) is 11.7 Å². The van der Waals surface area contributed by atoms with Crippen LogP contribution in [0, 0.1) is 11.7 Å². The molecular weight excluding hydrogens is 535 g/mol. The molecule has 4 aromatic rings. The zero-order valence-electron chi connectivity index (χ0n) is 23.6.